The van der Waals surface area contributed by atoms with Crippen LogP contribution in [0.4, 0.5) is 0 Å². The van der Waals surface area contributed by atoms with Gasteiger partial charge in [-0.2, -0.15) is 0 Å². The number of aromatic carboxylic acids is 1. The molecule has 116 valence electrons. The van der Waals surface area contributed by atoms with Crippen molar-refractivity contribution in [3.05, 3.63) is 64.3 Å². The standard InChI is InChI=1S/C18H14ClNO3/c19-14-6-1-3-10-9-20(17(21)16(10)14)15-8-7-11-12(15)4-2-5-13(11)18(22)23/h1-6,9,15,21H,7-8H2,(H,22,23)/t15-/m0/s1. The highest BCUT2D eigenvalue weighted by molar-refractivity contribution is 6.36. The van der Waals surface area contributed by atoms with E-state index in [2.05, 4.69) is 0 Å². The topological polar surface area (TPSA) is 62.5 Å². The number of nitrogens with zero attached hydrogens (tertiary/aromatic N) is 1. The van der Waals surface area contributed by atoms with E-state index in [9.17, 15) is 15.0 Å². The average Bonchev–Trinajstić information content (AvgIpc) is 3.09. The Hall–Kier alpha value is -2.46. The van der Waals surface area contributed by atoms with Crippen LogP contribution in [0.1, 0.15) is 33.9 Å². The summed E-state index contributed by atoms with van der Waals surface area (Å²) in [5.74, 6) is -0.781. The first kappa shape index (κ1) is 14.2. The summed E-state index contributed by atoms with van der Waals surface area (Å²) >= 11 is 6.20. The number of carboxylic acid groups (broad SMARTS) is 1. The molecule has 0 radical (unpaired) electrons. The van der Waals surface area contributed by atoms with E-state index < -0.39 is 5.97 Å². The van der Waals surface area contributed by atoms with Crippen LogP contribution >= 0.6 is 11.6 Å². The number of fused-ring (bicyclic) bond motifs is 2. The van der Waals surface area contributed by atoms with Gasteiger partial charge < -0.3 is 14.8 Å². The van der Waals surface area contributed by atoms with Crippen LogP contribution in [-0.2, 0) is 6.42 Å². The summed E-state index contributed by atoms with van der Waals surface area (Å²) in [4.78, 5) is 11.4. The first-order valence-corrected chi connectivity index (χ1v) is 7.79. The second-order valence-electron chi connectivity index (χ2n) is 5.80. The fourth-order valence-corrected chi connectivity index (χ4v) is 3.85. The van der Waals surface area contributed by atoms with Crippen molar-refractivity contribution < 1.29 is 15.0 Å². The first-order valence-electron chi connectivity index (χ1n) is 7.41. The van der Waals surface area contributed by atoms with Crippen LogP contribution < -0.4 is 0 Å². The minimum absolute atomic E-state index is 0.0761. The zero-order chi connectivity index (χ0) is 16.1. The molecular weight excluding hydrogens is 314 g/mol. The number of rotatable bonds is 2. The number of carboxylic acids is 1. The Morgan fingerprint density at radius 3 is 2.74 bits per heavy atom. The van der Waals surface area contributed by atoms with Gasteiger partial charge in [-0.1, -0.05) is 35.9 Å². The molecule has 0 saturated heterocycles. The summed E-state index contributed by atoms with van der Waals surface area (Å²) in [6, 6.07) is 10.7. The smallest absolute Gasteiger partial charge is 0.335 e. The van der Waals surface area contributed by atoms with Gasteiger partial charge in [0.05, 0.1) is 22.0 Å². The molecule has 1 aliphatic rings. The number of carbonyl (C=O) groups is 1. The highest BCUT2D eigenvalue weighted by Crippen LogP contribution is 2.42. The van der Waals surface area contributed by atoms with Crippen LogP contribution in [0.15, 0.2) is 42.6 Å². The Kier molecular flexibility index (Phi) is 3.10. The van der Waals surface area contributed by atoms with Crippen molar-refractivity contribution in [3.63, 3.8) is 0 Å². The van der Waals surface area contributed by atoms with Crippen molar-refractivity contribution in [2.45, 2.75) is 18.9 Å². The third-order valence-electron chi connectivity index (χ3n) is 4.60. The number of halogens is 1. The summed E-state index contributed by atoms with van der Waals surface area (Å²) in [7, 11) is 0. The summed E-state index contributed by atoms with van der Waals surface area (Å²) in [5.41, 5.74) is 2.16. The molecule has 4 rings (SSSR count). The summed E-state index contributed by atoms with van der Waals surface area (Å²) in [6.07, 6.45) is 3.32. The van der Waals surface area contributed by atoms with Gasteiger partial charge in [-0.05, 0) is 36.1 Å². The quantitative estimate of drug-likeness (QED) is 0.740. The molecule has 0 spiro atoms. The highest BCUT2D eigenvalue weighted by atomic mass is 35.5. The maximum Gasteiger partial charge on any atom is 0.335 e. The maximum absolute atomic E-state index is 11.4. The van der Waals surface area contributed by atoms with E-state index in [-0.39, 0.29) is 11.9 Å². The average molecular weight is 328 g/mol. The molecule has 0 fully saturated rings. The van der Waals surface area contributed by atoms with E-state index in [0.29, 0.717) is 22.4 Å². The molecule has 23 heavy (non-hydrogen) atoms. The fraction of sp³-hybridized carbons (Fsp3) is 0.167. The zero-order valence-corrected chi connectivity index (χ0v) is 12.9. The number of hydrogen-bond donors (Lipinski definition) is 2. The molecule has 2 N–H and O–H groups in total. The van der Waals surface area contributed by atoms with Gasteiger partial charge in [-0.3, -0.25) is 0 Å². The highest BCUT2D eigenvalue weighted by Gasteiger charge is 2.29. The maximum atomic E-state index is 11.4. The molecule has 1 aromatic heterocycles. The largest absolute Gasteiger partial charge is 0.494 e. The third-order valence-corrected chi connectivity index (χ3v) is 4.91. The van der Waals surface area contributed by atoms with E-state index in [1.165, 1.54) is 0 Å². The Balaban J connectivity index is 1.90. The molecule has 1 atom stereocenters. The van der Waals surface area contributed by atoms with Crippen LogP contribution in [-0.4, -0.2) is 20.7 Å². The zero-order valence-electron chi connectivity index (χ0n) is 12.2. The molecule has 0 unspecified atom stereocenters. The molecule has 0 amide bonds. The van der Waals surface area contributed by atoms with Crippen LogP contribution in [0.2, 0.25) is 5.02 Å². The SMILES string of the molecule is O=C(O)c1cccc2c1CC[C@@H]2n1cc2cccc(Cl)c2c1O. The lowest BCUT2D eigenvalue weighted by atomic mass is 10.0. The van der Waals surface area contributed by atoms with Crippen LogP contribution in [0.5, 0.6) is 5.88 Å². The number of benzene rings is 2. The molecule has 4 nitrogen and oxygen atoms in total. The van der Waals surface area contributed by atoms with E-state index in [4.69, 9.17) is 11.6 Å². The molecule has 3 aromatic rings. The van der Waals surface area contributed by atoms with Crippen molar-refractivity contribution >= 4 is 28.3 Å². The Morgan fingerprint density at radius 2 is 2.00 bits per heavy atom. The summed E-state index contributed by atoms with van der Waals surface area (Å²) in [6.45, 7) is 0. The van der Waals surface area contributed by atoms with E-state index in [1.54, 1.807) is 22.8 Å². The van der Waals surface area contributed by atoms with Gasteiger partial charge in [0.1, 0.15) is 0 Å². The van der Waals surface area contributed by atoms with Gasteiger partial charge in [0.15, 0.2) is 0 Å². The predicted molar refractivity (Wildman–Crippen MR) is 88.5 cm³/mol. The van der Waals surface area contributed by atoms with Crippen molar-refractivity contribution in [1.82, 2.24) is 4.57 Å². The molecule has 1 aliphatic carbocycles. The number of aromatic hydroxyl groups is 1. The van der Waals surface area contributed by atoms with Gasteiger partial charge >= 0.3 is 5.97 Å². The lowest BCUT2D eigenvalue weighted by Gasteiger charge is -2.15. The Bertz CT molecular complexity index is 945. The summed E-state index contributed by atoms with van der Waals surface area (Å²) < 4.78 is 1.80. The van der Waals surface area contributed by atoms with Crippen LogP contribution in [0, 0.1) is 0 Å². The van der Waals surface area contributed by atoms with Gasteiger partial charge in [-0.15, -0.1) is 0 Å². The lowest BCUT2D eigenvalue weighted by Crippen LogP contribution is -2.06. The van der Waals surface area contributed by atoms with Crippen LogP contribution in [0.3, 0.4) is 0 Å². The Morgan fingerprint density at radius 1 is 1.22 bits per heavy atom. The second-order valence-corrected chi connectivity index (χ2v) is 6.20. The van der Waals surface area contributed by atoms with Crippen molar-refractivity contribution in [3.8, 4) is 5.88 Å². The van der Waals surface area contributed by atoms with E-state index >= 15 is 0 Å². The van der Waals surface area contributed by atoms with Gasteiger partial charge in [0.25, 0.3) is 0 Å². The third kappa shape index (κ3) is 2.02. The van der Waals surface area contributed by atoms with Gasteiger partial charge in [0, 0.05) is 11.6 Å². The molecule has 0 bridgehead atoms. The van der Waals surface area contributed by atoms with E-state index in [1.807, 2.05) is 24.4 Å². The van der Waals surface area contributed by atoms with Crippen molar-refractivity contribution in [2.24, 2.45) is 0 Å². The predicted octanol–water partition coefficient (Wildman–Crippen LogP) is 4.23. The molecular formula is C18H14ClNO3. The Labute approximate surface area is 137 Å². The number of hydrogen-bond acceptors (Lipinski definition) is 2. The van der Waals surface area contributed by atoms with Gasteiger partial charge in [-0.25, -0.2) is 4.79 Å². The molecule has 0 saturated carbocycles. The minimum Gasteiger partial charge on any atom is -0.494 e. The minimum atomic E-state index is -0.910. The fourth-order valence-electron chi connectivity index (χ4n) is 3.58. The van der Waals surface area contributed by atoms with E-state index in [0.717, 1.165) is 22.9 Å². The van der Waals surface area contributed by atoms with Gasteiger partial charge in [0.2, 0.25) is 5.88 Å². The first-order chi connectivity index (χ1) is 11.1. The van der Waals surface area contributed by atoms with Crippen molar-refractivity contribution in [2.75, 3.05) is 0 Å². The normalized spacial score (nSPS) is 16.7. The lowest BCUT2D eigenvalue weighted by molar-refractivity contribution is 0.0696. The monoisotopic (exact) mass is 327 g/mol. The second kappa shape index (κ2) is 5.03. The van der Waals surface area contributed by atoms with Crippen molar-refractivity contribution in [1.29, 1.82) is 0 Å². The van der Waals surface area contributed by atoms with Crippen LogP contribution in [0.25, 0.3) is 10.8 Å². The number of aromatic nitrogens is 1. The molecule has 0 aliphatic heterocycles. The molecule has 1 heterocycles. The molecule has 2 aromatic carbocycles. The molecule has 5 heteroatoms. The summed E-state index contributed by atoms with van der Waals surface area (Å²) in [5, 5.41) is 22.0.